The third-order valence-corrected chi connectivity index (χ3v) is 8.29. The Labute approximate surface area is 190 Å². The van der Waals surface area contributed by atoms with Crippen molar-refractivity contribution in [3.63, 3.8) is 0 Å². The number of carbonyl (C=O) groups is 1. The molecule has 0 unspecified atom stereocenters. The molecule has 1 aliphatic heterocycles. The molecule has 1 atom stereocenters. The molecule has 4 rings (SSSR count). The van der Waals surface area contributed by atoms with Gasteiger partial charge in [-0.3, -0.25) is 9.89 Å². The highest BCUT2D eigenvalue weighted by Gasteiger charge is 2.44. The molecule has 1 amide bonds. The molecule has 2 heterocycles. The third kappa shape index (κ3) is 4.56. The van der Waals surface area contributed by atoms with Crippen LogP contribution < -0.4 is 4.74 Å². The molecule has 0 radical (unpaired) electrons. The van der Waals surface area contributed by atoms with Crippen molar-refractivity contribution in [1.29, 1.82) is 0 Å². The predicted octanol–water partition coefficient (Wildman–Crippen LogP) is 3.51. The first-order chi connectivity index (χ1) is 15.3. The average Bonchev–Trinajstić information content (AvgIpc) is 3.28. The Morgan fingerprint density at radius 1 is 1.19 bits per heavy atom. The lowest BCUT2D eigenvalue weighted by atomic mass is 9.68. The molecule has 0 spiro atoms. The summed E-state index contributed by atoms with van der Waals surface area (Å²) in [5.74, 6) is 1.23. The number of aromatic nitrogens is 2. The van der Waals surface area contributed by atoms with E-state index in [1.165, 1.54) is 18.9 Å². The monoisotopic (exact) mass is 459 g/mol. The first kappa shape index (κ1) is 22.8. The number of amides is 1. The van der Waals surface area contributed by atoms with E-state index in [2.05, 4.69) is 10.2 Å². The molecule has 7 nitrogen and oxygen atoms in total. The van der Waals surface area contributed by atoms with Gasteiger partial charge < -0.3 is 9.64 Å². The highest BCUT2D eigenvalue weighted by molar-refractivity contribution is 7.90. The van der Waals surface area contributed by atoms with E-state index >= 15 is 0 Å². The van der Waals surface area contributed by atoms with Gasteiger partial charge in [-0.15, -0.1) is 0 Å². The summed E-state index contributed by atoms with van der Waals surface area (Å²) in [6.45, 7) is 1.41. The second-order valence-electron chi connectivity index (χ2n) is 9.32. The fourth-order valence-electron chi connectivity index (χ4n) is 5.47. The number of likely N-dealkylation sites (tertiary alicyclic amines) is 1. The van der Waals surface area contributed by atoms with Gasteiger partial charge in [-0.05, 0) is 55.7 Å². The van der Waals surface area contributed by atoms with Crippen molar-refractivity contribution in [2.24, 2.45) is 5.92 Å². The Balaban J connectivity index is 1.54. The molecule has 1 saturated heterocycles. The Kier molecular flexibility index (Phi) is 6.60. The molecule has 0 bridgehead atoms. The quantitative estimate of drug-likeness (QED) is 0.714. The number of ether oxygens (including phenoxy) is 1. The summed E-state index contributed by atoms with van der Waals surface area (Å²) >= 11 is 0. The van der Waals surface area contributed by atoms with Crippen molar-refractivity contribution in [2.45, 2.75) is 61.7 Å². The fraction of sp³-hybridized carbons (Fsp3) is 0.583. The molecule has 2 aromatic rings. The average molecular weight is 460 g/mol. The summed E-state index contributed by atoms with van der Waals surface area (Å²) in [7, 11) is -1.67. The third-order valence-electron chi connectivity index (χ3n) is 7.14. The Hall–Kier alpha value is -2.35. The molecule has 1 aliphatic carbocycles. The largest absolute Gasteiger partial charge is 0.497 e. The normalized spacial score (nSPS) is 21.3. The van der Waals surface area contributed by atoms with Gasteiger partial charge in [0.25, 0.3) is 0 Å². The minimum Gasteiger partial charge on any atom is -0.497 e. The summed E-state index contributed by atoms with van der Waals surface area (Å²) in [6.07, 6.45) is 10.1. The molecular formula is C24H33N3O4S. The van der Waals surface area contributed by atoms with Crippen molar-refractivity contribution < 1.29 is 17.9 Å². The van der Waals surface area contributed by atoms with Gasteiger partial charge in [0.1, 0.15) is 10.6 Å². The maximum Gasteiger partial charge on any atom is 0.233 e. The summed E-state index contributed by atoms with van der Waals surface area (Å²) in [4.78, 5) is 16.3. The Morgan fingerprint density at radius 2 is 1.91 bits per heavy atom. The van der Waals surface area contributed by atoms with E-state index in [9.17, 15) is 13.2 Å². The molecule has 174 valence electrons. The topological polar surface area (TPSA) is 92.4 Å². The van der Waals surface area contributed by atoms with Gasteiger partial charge in [0.05, 0.1) is 24.4 Å². The van der Waals surface area contributed by atoms with Gasteiger partial charge in [0, 0.05) is 19.3 Å². The molecule has 1 aromatic carbocycles. The zero-order valence-electron chi connectivity index (χ0n) is 19.0. The molecular weight excluding hydrogens is 426 g/mol. The van der Waals surface area contributed by atoms with Crippen molar-refractivity contribution in [1.82, 2.24) is 15.1 Å². The number of rotatable bonds is 6. The number of aromatic amines is 1. The minimum absolute atomic E-state index is 0.213. The van der Waals surface area contributed by atoms with E-state index in [0.29, 0.717) is 18.7 Å². The second-order valence-corrected chi connectivity index (χ2v) is 11.3. The lowest BCUT2D eigenvalue weighted by Gasteiger charge is -2.43. The van der Waals surface area contributed by atoms with Crippen LogP contribution >= 0.6 is 0 Å². The van der Waals surface area contributed by atoms with Crippen LogP contribution in [0.1, 0.15) is 56.2 Å². The Bertz CT molecular complexity index is 1040. The van der Waals surface area contributed by atoms with Crippen LogP contribution in [0.4, 0.5) is 0 Å². The zero-order chi connectivity index (χ0) is 22.8. The van der Waals surface area contributed by atoms with Crippen LogP contribution in [-0.2, 0) is 26.5 Å². The number of nitrogens with one attached hydrogen (secondary N) is 1. The van der Waals surface area contributed by atoms with E-state index in [-0.39, 0.29) is 16.7 Å². The van der Waals surface area contributed by atoms with E-state index < -0.39 is 15.3 Å². The van der Waals surface area contributed by atoms with Gasteiger partial charge in [-0.25, -0.2) is 8.42 Å². The fourth-order valence-corrected chi connectivity index (χ4v) is 6.29. The smallest absolute Gasteiger partial charge is 0.233 e. The van der Waals surface area contributed by atoms with Gasteiger partial charge in [0.15, 0.2) is 9.84 Å². The first-order valence-electron chi connectivity index (χ1n) is 11.5. The van der Waals surface area contributed by atoms with Crippen LogP contribution in [0.3, 0.4) is 0 Å². The molecule has 2 aliphatic rings. The van der Waals surface area contributed by atoms with Crippen molar-refractivity contribution >= 4 is 15.7 Å². The summed E-state index contributed by atoms with van der Waals surface area (Å²) in [6, 6.07) is 7.99. The highest BCUT2D eigenvalue weighted by Crippen LogP contribution is 2.42. The number of H-pyrrole nitrogens is 1. The van der Waals surface area contributed by atoms with Crippen molar-refractivity contribution in [3.8, 4) is 5.75 Å². The molecule has 1 aromatic heterocycles. The number of nitrogens with zero attached hydrogens (tertiary/aromatic N) is 2. The standard InChI is InChI=1S/C24H33N3O4S/c1-31-20-10-8-19(9-11-20)24(12-4-3-5-13-24)23(28)27-14-6-7-18(17-27)15-21-22(16-25-26-21)32(2,29)30/h8-11,16,18H,3-7,12-15,17H2,1-2H3,(H,25,26)/t18-/m1/s1. The lowest BCUT2D eigenvalue weighted by molar-refractivity contribution is -0.140. The zero-order valence-corrected chi connectivity index (χ0v) is 19.8. The van der Waals surface area contributed by atoms with E-state index in [4.69, 9.17) is 4.74 Å². The predicted molar refractivity (Wildman–Crippen MR) is 122 cm³/mol. The van der Waals surface area contributed by atoms with Crippen LogP contribution in [0.5, 0.6) is 5.75 Å². The first-order valence-corrected chi connectivity index (χ1v) is 13.4. The maximum absolute atomic E-state index is 14.0. The summed E-state index contributed by atoms with van der Waals surface area (Å²) in [5, 5.41) is 6.82. The van der Waals surface area contributed by atoms with Crippen LogP contribution in [0.2, 0.25) is 0 Å². The lowest BCUT2D eigenvalue weighted by Crippen LogP contribution is -2.51. The number of piperidine rings is 1. The van der Waals surface area contributed by atoms with Crippen LogP contribution in [0.25, 0.3) is 0 Å². The van der Waals surface area contributed by atoms with Gasteiger partial charge in [0.2, 0.25) is 5.91 Å². The number of methoxy groups -OCH3 is 1. The maximum atomic E-state index is 14.0. The van der Waals surface area contributed by atoms with Crippen LogP contribution in [0, 0.1) is 5.92 Å². The SMILES string of the molecule is COc1ccc(C2(C(=O)N3CCC[C@H](Cc4[nH]ncc4S(C)(=O)=O)C3)CCCCC2)cc1. The molecule has 32 heavy (non-hydrogen) atoms. The number of sulfone groups is 1. The van der Waals surface area contributed by atoms with E-state index in [1.807, 2.05) is 29.2 Å². The van der Waals surface area contributed by atoms with Crippen LogP contribution in [0.15, 0.2) is 35.4 Å². The number of benzene rings is 1. The van der Waals surface area contributed by atoms with E-state index in [0.717, 1.165) is 56.4 Å². The van der Waals surface area contributed by atoms with Gasteiger partial charge in [-0.2, -0.15) is 5.10 Å². The highest BCUT2D eigenvalue weighted by atomic mass is 32.2. The summed E-state index contributed by atoms with van der Waals surface area (Å²) < 4.78 is 29.4. The van der Waals surface area contributed by atoms with Crippen LogP contribution in [-0.4, -0.2) is 55.9 Å². The molecule has 1 saturated carbocycles. The minimum atomic E-state index is -3.32. The van der Waals surface area contributed by atoms with E-state index in [1.54, 1.807) is 7.11 Å². The second kappa shape index (κ2) is 9.25. The molecule has 2 fully saturated rings. The summed E-state index contributed by atoms with van der Waals surface area (Å²) in [5.41, 5.74) is 1.26. The molecule has 1 N–H and O–H groups in total. The Morgan fingerprint density at radius 3 is 2.56 bits per heavy atom. The number of hydrogen-bond donors (Lipinski definition) is 1. The van der Waals surface area contributed by atoms with Gasteiger partial charge >= 0.3 is 0 Å². The molecule has 8 heteroatoms. The van der Waals surface area contributed by atoms with Crippen molar-refractivity contribution in [3.05, 3.63) is 41.7 Å². The van der Waals surface area contributed by atoms with Crippen molar-refractivity contribution in [2.75, 3.05) is 26.5 Å². The number of carbonyl (C=O) groups excluding carboxylic acids is 1. The van der Waals surface area contributed by atoms with Gasteiger partial charge in [-0.1, -0.05) is 31.4 Å². The number of hydrogen-bond acceptors (Lipinski definition) is 5.